The lowest BCUT2D eigenvalue weighted by atomic mass is 10.1. The highest BCUT2D eigenvalue weighted by Crippen LogP contribution is 2.17. The molecular weight excluding hydrogens is 194 g/mol. The number of ether oxygens (including phenoxy) is 2. The number of hydrogen-bond acceptors (Lipinski definition) is 4. The van der Waals surface area contributed by atoms with Crippen LogP contribution in [0.3, 0.4) is 0 Å². The molecule has 0 aliphatic carbocycles. The molecule has 1 unspecified atom stereocenters. The van der Waals surface area contributed by atoms with E-state index >= 15 is 0 Å². The molecule has 0 saturated heterocycles. The van der Waals surface area contributed by atoms with E-state index in [1.54, 1.807) is 14.2 Å². The van der Waals surface area contributed by atoms with Crippen molar-refractivity contribution in [1.29, 1.82) is 0 Å². The maximum absolute atomic E-state index is 5.30. The minimum atomic E-state index is -0.0251. The largest absolute Gasteiger partial charge is 0.382 e. The average Bonchev–Trinajstić information content (AvgIpc) is 2.28. The van der Waals surface area contributed by atoms with Crippen molar-refractivity contribution in [3.05, 3.63) is 35.4 Å². The summed E-state index contributed by atoms with van der Waals surface area (Å²) in [5.74, 6) is 4.99. The molecule has 0 radical (unpaired) electrons. The SMILES string of the molecule is COCC(OC)c1ccc(CON)cc1. The molecule has 4 heteroatoms. The Morgan fingerprint density at radius 1 is 1.20 bits per heavy atom. The minimum Gasteiger partial charge on any atom is -0.382 e. The highest BCUT2D eigenvalue weighted by molar-refractivity contribution is 5.24. The first-order chi connectivity index (χ1) is 7.31. The molecule has 0 saturated carbocycles. The molecule has 84 valence electrons. The van der Waals surface area contributed by atoms with Crippen LogP contribution in [0.25, 0.3) is 0 Å². The summed E-state index contributed by atoms with van der Waals surface area (Å²) in [5, 5.41) is 0. The van der Waals surface area contributed by atoms with Gasteiger partial charge in [0.2, 0.25) is 0 Å². The monoisotopic (exact) mass is 211 g/mol. The van der Waals surface area contributed by atoms with Crippen LogP contribution >= 0.6 is 0 Å². The summed E-state index contributed by atoms with van der Waals surface area (Å²) in [7, 11) is 3.32. The third-order valence-corrected chi connectivity index (χ3v) is 2.20. The van der Waals surface area contributed by atoms with Gasteiger partial charge in [-0.05, 0) is 11.1 Å². The second-order valence-corrected chi connectivity index (χ2v) is 3.23. The second-order valence-electron chi connectivity index (χ2n) is 3.23. The Kier molecular flexibility index (Phi) is 5.28. The first-order valence-electron chi connectivity index (χ1n) is 4.74. The van der Waals surface area contributed by atoms with Gasteiger partial charge in [0.05, 0.1) is 13.2 Å². The predicted molar refractivity (Wildman–Crippen MR) is 57.0 cm³/mol. The third-order valence-electron chi connectivity index (χ3n) is 2.20. The maximum atomic E-state index is 5.30. The van der Waals surface area contributed by atoms with Crippen molar-refractivity contribution in [3.63, 3.8) is 0 Å². The molecule has 0 heterocycles. The molecule has 2 N–H and O–H groups in total. The molecule has 0 aliphatic heterocycles. The zero-order chi connectivity index (χ0) is 11.1. The zero-order valence-corrected chi connectivity index (χ0v) is 9.10. The Labute approximate surface area is 89.9 Å². The summed E-state index contributed by atoms with van der Waals surface area (Å²) in [6.45, 7) is 0.964. The Morgan fingerprint density at radius 3 is 2.33 bits per heavy atom. The van der Waals surface area contributed by atoms with Crippen molar-refractivity contribution < 1.29 is 14.3 Å². The highest BCUT2D eigenvalue weighted by atomic mass is 16.6. The van der Waals surface area contributed by atoms with Crippen LogP contribution in [-0.4, -0.2) is 20.8 Å². The summed E-state index contributed by atoms with van der Waals surface area (Å²) in [5.41, 5.74) is 2.12. The van der Waals surface area contributed by atoms with Gasteiger partial charge in [0, 0.05) is 14.2 Å². The maximum Gasteiger partial charge on any atom is 0.105 e. The molecule has 1 rings (SSSR count). The van der Waals surface area contributed by atoms with Gasteiger partial charge in [0.25, 0.3) is 0 Å². The molecule has 1 aromatic carbocycles. The molecule has 0 fully saturated rings. The van der Waals surface area contributed by atoms with Crippen LogP contribution in [0.5, 0.6) is 0 Å². The number of methoxy groups -OCH3 is 2. The molecule has 1 aromatic rings. The van der Waals surface area contributed by atoms with Crippen LogP contribution in [-0.2, 0) is 20.9 Å². The van der Waals surface area contributed by atoms with Gasteiger partial charge in [0.1, 0.15) is 6.10 Å². The van der Waals surface area contributed by atoms with E-state index in [9.17, 15) is 0 Å². The number of hydrogen-bond donors (Lipinski definition) is 1. The fraction of sp³-hybridized carbons (Fsp3) is 0.455. The Hall–Kier alpha value is -0.940. The number of rotatable bonds is 6. The van der Waals surface area contributed by atoms with Crippen molar-refractivity contribution in [2.45, 2.75) is 12.7 Å². The third kappa shape index (κ3) is 3.60. The predicted octanol–water partition coefficient (Wildman–Crippen LogP) is 1.41. The molecule has 0 bridgehead atoms. The van der Waals surface area contributed by atoms with Crippen LogP contribution in [0.1, 0.15) is 17.2 Å². The lowest BCUT2D eigenvalue weighted by molar-refractivity contribution is 0.0274. The molecule has 0 aliphatic rings. The van der Waals surface area contributed by atoms with E-state index in [-0.39, 0.29) is 6.10 Å². The highest BCUT2D eigenvalue weighted by Gasteiger charge is 2.09. The molecule has 0 aromatic heterocycles. The molecule has 0 spiro atoms. The molecule has 15 heavy (non-hydrogen) atoms. The lowest BCUT2D eigenvalue weighted by Crippen LogP contribution is -2.08. The van der Waals surface area contributed by atoms with Gasteiger partial charge in [-0.15, -0.1) is 0 Å². The number of nitrogens with two attached hydrogens (primary N) is 1. The average molecular weight is 211 g/mol. The van der Waals surface area contributed by atoms with E-state index in [1.807, 2.05) is 24.3 Å². The Balaban J connectivity index is 2.68. The van der Waals surface area contributed by atoms with Gasteiger partial charge in [-0.3, -0.25) is 4.84 Å². The van der Waals surface area contributed by atoms with E-state index in [0.29, 0.717) is 13.2 Å². The van der Waals surface area contributed by atoms with Crippen LogP contribution in [0.2, 0.25) is 0 Å². The van der Waals surface area contributed by atoms with Gasteiger partial charge in [-0.1, -0.05) is 24.3 Å². The first-order valence-corrected chi connectivity index (χ1v) is 4.74. The summed E-state index contributed by atoms with van der Waals surface area (Å²) in [4.78, 5) is 4.55. The zero-order valence-electron chi connectivity index (χ0n) is 9.10. The van der Waals surface area contributed by atoms with Crippen LogP contribution < -0.4 is 5.90 Å². The quantitative estimate of drug-likeness (QED) is 0.723. The number of benzene rings is 1. The van der Waals surface area contributed by atoms with Crippen molar-refractivity contribution >= 4 is 0 Å². The summed E-state index contributed by atoms with van der Waals surface area (Å²) in [6.07, 6.45) is -0.0251. The van der Waals surface area contributed by atoms with E-state index in [0.717, 1.165) is 11.1 Å². The molecule has 1 atom stereocenters. The van der Waals surface area contributed by atoms with Crippen LogP contribution in [0.15, 0.2) is 24.3 Å². The van der Waals surface area contributed by atoms with E-state index < -0.39 is 0 Å². The first kappa shape index (κ1) is 12.1. The smallest absolute Gasteiger partial charge is 0.105 e. The van der Waals surface area contributed by atoms with Crippen LogP contribution in [0.4, 0.5) is 0 Å². The van der Waals surface area contributed by atoms with Crippen molar-refractivity contribution in [1.82, 2.24) is 0 Å². The van der Waals surface area contributed by atoms with Crippen molar-refractivity contribution in [3.8, 4) is 0 Å². The Bertz CT molecular complexity index is 274. The lowest BCUT2D eigenvalue weighted by Gasteiger charge is -2.14. The Morgan fingerprint density at radius 2 is 1.87 bits per heavy atom. The van der Waals surface area contributed by atoms with Gasteiger partial charge in [-0.2, -0.15) is 0 Å². The second kappa shape index (κ2) is 6.53. The van der Waals surface area contributed by atoms with Gasteiger partial charge < -0.3 is 9.47 Å². The van der Waals surface area contributed by atoms with E-state index in [4.69, 9.17) is 15.4 Å². The fourth-order valence-electron chi connectivity index (χ4n) is 1.38. The van der Waals surface area contributed by atoms with Gasteiger partial charge in [0.15, 0.2) is 0 Å². The van der Waals surface area contributed by atoms with Crippen LogP contribution in [0, 0.1) is 0 Å². The summed E-state index contributed by atoms with van der Waals surface area (Å²) in [6, 6.07) is 7.90. The normalized spacial score (nSPS) is 12.7. The topological polar surface area (TPSA) is 53.7 Å². The molecule has 4 nitrogen and oxygen atoms in total. The van der Waals surface area contributed by atoms with E-state index in [1.165, 1.54) is 0 Å². The van der Waals surface area contributed by atoms with Gasteiger partial charge in [-0.25, -0.2) is 5.90 Å². The molecule has 0 amide bonds. The summed E-state index contributed by atoms with van der Waals surface area (Å²) >= 11 is 0. The summed E-state index contributed by atoms with van der Waals surface area (Å²) < 4.78 is 10.4. The minimum absolute atomic E-state index is 0.0251. The van der Waals surface area contributed by atoms with Crippen molar-refractivity contribution in [2.24, 2.45) is 5.90 Å². The van der Waals surface area contributed by atoms with Gasteiger partial charge >= 0.3 is 0 Å². The molecular formula is C11H17NO3. The van der Waals surface area contributed by atoms with E-state index in [2.05, 4.69) is 4.84 Å². The van der Waals surface area contributed by atoms with Crippen molar-refractivity contribution in [2.75, 3.05) is 20.8 Å². The fourth-order valence-corrected chi connectivity index (χ4v) is 1.38. The standard InChI is InChI=1S/C11H17NO3/c1-13-8-11(14-2)10-5-3-9(4-6-10)7-15-12/h3-6,11H,7-8,12H2,1-2H3.